The van der Waals surface area contributed by atoms with Crippen LogP contribution in [0.15, 0.2) is 52.0 Å². The van der Waals surface area contributed by atoms with Crippen molar-refractivity contribution < 1.29 is 4.79 Å². The maximum atomic E-state index is 12.5. The number of carbonyl (C=O) groups excluding carboxylic acids is 1. The smallest absolute Gasteiger partial charge is 0.261 e. The third-order valence-electron chi connectivity index (χ3n) is 3.76. The third-order valence-corrected chi connectivity index (χ3v) is 4.57. The highest BCUT2D eigenvalue weighted by molar-refractivity contribution is 9.10. The highest BCUT2D eigenvalue weighted by atomic mass is 79.9. The lowest BCUT2D eigenvalue weighted by Gasteiger charge is -2.09. The second-order valence-electron chi connectivity index (χ2n) is 5.69. The van der Waals surface area contributed by atoms with Crippen LogP contribution in [-0.2, 0) is 11.3 Å². The molecule has 0 aliphatic rings. The first-order valence-electron chi connectivity index (χ1n) is 7.65. The van der Waals surface area contributed by atoms with Gasteiger partial charge in [0, 0.05) is 17.4 Å². The maximum absolute atomic E-state index is 12.5. The van der Waals surface area contributed by atoms with Crippen molar-refractivity contribution in [3.8, 4) is 0 Å². The van der Waals surface area contributed by atoms with Crippen molar-refractivity contribution in [1.29, 1.82) is 0 Å². The lowest BCUT2D eigenvalue weighted by molar-refractivity contribution is -0.116. The van der Waals surface area contributed by atoms with Gasteiger partial charge < -0.3 is 5.32 Å². The Bertz CT molecular complexity index is 1020. The molecule has 5 nitrogen and oxygen atoms in total. The number of fused-ring (bicyclic) bond motifs is 1. The van der Waals surface area contributed by atoms with Crippen LogP contribution in [0.5, 0.6) is 0 Å². The van der Waals surface area contributed by atoms with Crippen molar-refractivity contribution >= 4 is 50.0 Å². The molecule has 3 aromatic rings. The summed E-state index contributed by atoms with van der Waals surface area (Å²) in [6.45, 7) is 2.17. The van der Waals surface area contributed by atoms with Crippen molar-refractivity contribution in [2.75, 3.05) is 5.32 Å². The Labute approximate surface area is 157 Å². The molecule has 25 heavy (non-hydrogen) atoms. The average molecular weight is 421 g/mol. The Morgan fingerprint density at radius 2 is 2.08 bits per heavy atom. The summed E-state index contributed by atoms with van der Waals surface area (Å²) in [5.74, 6) is -0.216. The highest BCUT2D eigenvalue weighted by Gasteiger charge is 2.09. The first kappa shape index (κ1) is 17.6. The predicted octanol–water partition coefficient (Wildman–Crippen LogP) is 4.15. The van der Waals surface area contributed by atoms with E-state index < -0.39 is 0 Å². The number of nitrogens with one attached hydrogen (secondary N) is 1. The molecular weight excluding hydrogens is 406 g/mol. The summed E-state index contributed by atoms with van der Waals surface area (Å²) in [6.07, 6.45) is 1.61. The van der Waals surface area contributed by atoms with Gasteiger partial charge in [-0.15, -0.1) is 0 Å². The van der Waals surface area contributed by atoms with Crippen molar-refractivity contribution in [3.05, 3.63) is 68.1 Å². The number of hydrogen-bond donors (Lipinski definition) is 1. The lowest BCUT2D eigenvalue weighted by Crippen LogP contribution is -2.23. The normalized spacial score (nSPS) is 10.8. The van der Waals surface area contributed by atoms with E-state index in [4.69, 9.17) is 11.6 Å². The number of amides is 1. The number of benzene rings is 2. The van der Waals surface area contributed by atoms with E-state index in [0.29, 0.717) is 21.6 Å². The number of anilines is 1. The second-order valence-corrected chi connectivity index (χ2v) is 7.01. The molecule has 1 heterocycles. The second kappa shape index (κ2) is 7.37. The minimum absolute atomic E-state index is 0.144. The van der Waals surface area contributed by atoms with Crippen LogP contribution in [0.25, 0.3) is 10.9 Å². The predicted molar refractivity (Wildman–Crippen MR) is 103 cm³/mol. The lowest BCUT2D eigenvalue weighted by atomic mass is 10.2. The number of hydrogen-bond acceptors (Lipinski definition) is 3. The van der Waals surface area contributed by atoms with Gasteiger partial charge in [-0.25, -0.2) is 4.98 Å². The van der Waals surface area contributed by atoms with Gasteiger partial charge in [0.05, 0.1) is 27.9 Å². The number of nitrogens with zero attached hydrogens (tertiary/aromatic N) is 2. The summed E-state index contributed by atoms with van der Waals surface area (Å²) in [7, 11) is 0. The van der Waals surface area contributed by atoms with Gasteiger partial charge in [-0.3, -0.25) is 14.2 Å². The zero-order chi connectivity index (χ0) is 18.0. The molecule has 1 aromatic heterocycles. The molecule has 0 unspecified atom stereocenters. The van der Waals surface area contributed by atoms with Crippen molar-refractivity contribution in [2.45, 2.75) is 19.9 Å². The molecule has 0 spiro atoms. The topological polar surface area (TPSA) is 64.0 Å². The first-order valence-corrected chi connectivity index (χ1v) is 8.82. The Morgan fingerprint density at radius 3 is 2.84 bits per heavy atom. The standard InChI is InChI=1S/C18H15BrClN3O2/c1-11-2-4-16(14(20)8-11)22-17(24)6-7-23-10-21-15-5-3-12(19)9-13(15)18(23)25/h2-5,8-10H,6-7H2,1H3,(H,22,24). The number of carbonyl (C=O) groups is 1. The van der Waals surface area contributed by atoms with Gasteiger partial charge in [-0.2, -0.15) is 0 Å². The third kappa shape index (κ3) is 4.08. The average Bonchev–Trinajstić information content (AvgIpc) is 2.57. The van der Waals surface area contributed by atoms with Gasteiger partial charge in [0.2, 0.25) is 5.91 Å². The van der Waals surface area contributed by atoms with E-state index in [1.165, 1.54) is 10.9 Å². The van der Waals surface area contributed by atoms with Crippen LogP contribution in [-0.4, -0.2) is 15.5 Å². The summed E-state index contributed by atoms with van der Waals surface area (Å²) in [6, 6.07) is 10.8. The van der Waals surface area contributed by atoms with Crippen LogP contribution >= 0.6 is 27.5 Å². The minimum atomic E-state index is -0.216. The Kier molecular flexibility index (Phi) is 5.20. The van der Waals surface area contributed by atoms with E-state index in [1.54, 1.807) is 24.3 Å². The summed E-state index contributed by atoms with van der Waals surface area (Å²) < 4.78 is 2.24. The summed E-state index contributed by atoms with van der Waals surface area (Å²) in [4.78, 5) is 28.9. The number of aryl methyl sites for hydroxylation is 2. The molecule has 0 saturated heterocycles. The fraction of sp³-hybridized carbons (Fsp3) is 0.167. The summed E-state index contributed by atoms with van der Waals surface area (Å²) >= 11 is 9.46. The van der Waals surface area contributed by atoms with Gasteiger partial charge >= 0.3 is 0 Å². The monoisotopic (exact) mass is 419 g/mol. The van der Waals surface area contributed by atoms with Crippen molar-refractivity contribution in [2.24, 2.45) is 0 Å². The zero-order valence-electron chi connectivity index (χ0n) is 13.4. The zero-order valence-corrected chi connectivity index (χ0v) is 15.8. The number of aromatic nitrogens is 2. The Morgan fingerprint density at radius 1 is 1.28 bits per heavy atom. The Hall–Kier alpha value is -2.18. The largest absolute Gasteiger partial charge is 0.325 e. The maximum Gasteiger partial charge on any atom is 0.261 e. The van der Waals surface area contributed by atoms with E-state index in [9.17, 15) is 9.59 Å². The van der Waals surface area contributed by atoms with Gasteiger partial charge in [0.1, 0.15) is 0 Å². The van der Waals surface area contributed by atoms with E-state index >= 15 is 0 Å². The number of rotatable bonds is 4. The summed E-state index contributed by atoms with van der Waals surface area (Å²) in [5.41, 5.74) is 2.03. The van der Waals surface area contributed by atoms with Crippen molar-refractivity contribution in [3.63, 3.8) is 0 Å². The van der Waals surface area contributed by atoms with Crippen LogP contribution in [0, 0.1) is 6.92 Å². The molecule has 0 atom stereocenters. The molecule has 0 aliphatic carbocycles. The van der Waals surface area contributed by atoms with Crippen LogP contribution in [0.2, 0.25) is 5.02 Å². The van der Waals surface area contributed by atoms with Gasteiger partial charge in [0.25, 0.3) is 5.56 Å². The fourth-order valence-electron chi connectivity index (χ4n) is 2.45. The van der Waals surface area contributed by atoms with Gasteiger partial charge in [-0.1, -0.05) is 33.6 Å². The van der Waals surface area contributed by atoms with Crippen LogP contribution < -0.4 is 10.9 Å². The van der Waals surface area contributed by atoms with E-state index in [0.717, 1.165) is 10.0 Å². The molecule has 0 bridgehead atoms. The van der Waals surface area contributed by atoms with Crippen LogP contribution in [0.3, 0.4) is 0 Å². The SMILES string of the molecule is Cc1ccc(NC(=O)CCn2cnc3ccc(Br)cc3c2=O)c(Cl)c1. The molecule has 7 heteroatoms. The molecular formula is C18H15BrClN3O2. The molecule has 1 amide bonds. The van der Waals surface area contributed by atoms with E-state index in [2.05, 4.69) is 26.2 Å². The summed E-state index contributed by atoms with van der Waals surface area (Å²) in [5, 5.41) is 3.76. The molecule has 2 aromatic carbocycles. The van der Waals surface area contributed by atoms with Gasteiger partial charge in [0.15, 0.2) is 0 Å². The van der Waals surface area contributed by atoms with Gasteiger partial charge in [-0.05, 0) is 42.8 Å². The van der Waals surface area contributed by atoms with E-state index in [1.807, 2.05) is 19.1 Å². The molecule has 0 radical (unpaired) electrons. The molecule has 0 aliphatic heterocycles. The first-order chi connectivity index (χ1) is 11.9. The van der Waals surface area contributed by atoms with Crippen molar-refractivity contribution in [1.82, 2.24) is 9.55 Å². The highest BCUT2D eigenvalue weighted by Crippen LogP contribution is 2.22. The molecule has 1 N–H and O–H groups in total. The molecule has 0 fully saturated rings. The van der Waals surface area contributed by atoms with Crippen LogP contribution in [0.4, 0.5) is 5.69 Å². The minimum Gasteiger partial charge on any atom is -0.325 e. The Balaban J connectivity index is 1.73. The quantitative estimate of drug-likeness (QED) is 0.689. The molecule has 128 valence electrons. The van der Waals surface area contributed by atoms with Crippen LogP contribution in [0.1, 0.15) is 12.0 Å². The fourth-order valence-corrected chi connectivity index (χ4v) is 3.09. The van der Waals surface area contributed by atoms with E-state index in [-0.39, 0.29) is 24.4 Å². The molecule has 0 saturated carbocycles. The number of halogens is 2. The molecule has 3 rings (SSSR count).